The molecule has 1 unspecified atom stereocenters. The second-order valence-corrected chi connectivity index (χ2v) is 6.23. The van der Waals surface area contributed by atoms with Gasteiger partial charge in [0, 0.05) is 40.2 Å². The van der Waals surface area contributed by atoms with Crippen molar-refractivity contribution in [3.63, 3.8) is 0 Å². The van der Waals surface area contributed by atoms with E-state index in [0.29, 0.717) is 25.3 Å². The number of carbonyl (C=O) groups is 3. The second kappa shape index (κ2) is 5.68. The first kappa shape index (κ1) is 15.5. The highest BCUT2D eigenvalue weighted by atomic mass is 16.2. The summed E-state index contributed by atoms with van der Waals surface area (Å²) in [5.41, 5.74) is 1.43. The molecule has 2 aliphatic heterocycles. The molecular formula is C15H21N5O3. The Labute approximate surface area is 134 Å². The van der Waals surface area contributed by atoms with Crippen molar-refractivity contribution < 1.29 is 14.4 Å². The maximum atomic E-state index is 12.5. The van der Waals surface area contributed by atoms with Crippen LogP contribution in [0.25, 0.3) is 0 Å². The molecule has 0 saturated carbocycles. The topological polar surface area (TPSA) is 87.5 Å². The molecule has 23 heavy (non-hydrogen) atoms. The lowest BCUT2D eigenvalue weighted by Gasteiger charge is -2.44. The predicted molar refractivity (Wildman–Crippen MR) is 81.5 cm³/mol. The van der Waals surface area contributed by atoms with Gasteiger partial charge in [-0.1, -0.05) is 0 Å². The molecule has 0 radical (unpaired) electrons. The van der Waals surface area contributed by atoms with Crippen LogP contribution in [0.4, 0.5) is 0 Å². The van der Waals surface area contributed by atoms with E-state index in [1.54, 1.807) is 34.8 Å². The number of hydrogen-bond donors (Lipinski definition) is 1. The maximum Gasteiger partial charge on any atom is 0.272 e. The van der Waals surface area contributed by atoms with Gasteiger partial charge in [0.15, 0.2) is 0 Å². The van der Waals surface area contributed by atoms with Crippen molar-refractivity contribution in [2.45, 2.75) is 19.4 Å². The molecular weight excluding hydrogens is 298 g/mol. The number of rotatable bonds is 3. The van der Waals surface area contributed by atoms with E-state index in [-0.39, 0.29) is 36.1 Å². The molecule has 1 aromatic heterocycles. The molecule has 0 aliphatic carbocycles. The van der Waals surface area contributed by atoms with Gasteiger partial charge in [0.25, 0.3) is 5.91 Å². The maximum absolute atomic E-state index is 12.5. The molecule has 0 bridgehead atoms. The van der Waals surface area contributed by atoms with Crippen LogP contribution in [-0.4, -0.2) is 70.0 Å². The van der Waals surface area contributed by atoms with Gasteiger partial charge in [0.05, 0.1) is 18.2 Å². The van der Waals surface area contributed by atoms with Gasteiger partial charge < -0.3 is 15.1 Å². The number of aromatic nitrogens is 2. The van der Waals surface area contributed by atoms with Crippen LogP contribution in [0, 0.1) is 12.8 Å². The zero-order chi connectivity index (χ0) is 16.7. The second-order valence-electron chi connectivity index (χ2n) is 6.23. The Morgan fingerprint density at radius 2 is 2.00 bits per heavy atom. The number of likely N-dealkylation sites (tertiary alicyclic amines) is 2. The number of carbonyl (C=O) groups excluding carboxylic acids is 3. The number of nitrogens with one attached hydrogen (secondary N) is 1. The number of amides is 3. The molecule has 3 rings (SSSR count). The Balaban J connectivity index is 1.60. The average molecular weight is 319 g/mol. The Bertz CT molecular complexity index is 643. The summed E-state index contributed by atoms with van der Waals surface area (Å²) in [4.78, 5) is 39.7. The molecule has 8 heteroatoms. The van der Waals surface area contributed by atoms with Crippen LogP contribution in [-0.2, 0) is 16.6 Å². The Kier molecular flexibility index (Phi) is 3.83. The van der Waals surface area contributed by atoms with E-state index in [9.17, 15) is 14.4 Å². The van der Waals surface area contributed by atoms with Crippen molar-refractivity contribution in [2.24, 2.45) is 13.0 Å². The SMILES string of the molecule is CNC(=O)C1CC(=O)N(C2CN(C(=O)c3c(C)cnn3C)C2)C1. The average Bonchev–Trinajstić information content (AvgIpc) is 3.00. The third kappa shape index (κ3) is 2.58. The summed E-state index contributed by atoms with van der Waals surface area (Å²) in [6.45, 7) is 3.32. The first-order valence-electron chi connectivity index (χ1n) is 7.71. The molecule has 3 heterocycles. The van der Waals surface area contributed by atoms with Gasteiger partial charge in [-0.2, -0.15) is 5.10 Å². The van der Waals surface area contributed by atoms with Crippen molar-refractivity contribution in [3.8, 4) is 0 Å². The first-order chi connectivity index (χ1) is 10.9. The van der Waals surface area contributed by atoms with Crippen molar-refractivity contribution in [1.29, 1.82) is 0 Å². The summed E-state index contributed by atoms with van der Waals surface area (Å²) < 4.78 is 1.58. The molecule has 2 saturated heterocycles. The Morgan fingerprint density at radius 1 is 1.30 bits per heavy atom. The Hall–Kier alpha value is -2.38. The fourth-order valence-corrected chi connectivity index (χ4v) is 3.29. The molecule has 3 amide bonds. The summed E-state index contributed by atoms with van der Waals surface area (Å²) in [6, 6.07) is 0.00893. The van der Waals surface area contributed by atoms with Gasteiger partial charge in [-0.05, 0) is 12.5 Å². The minimum Gasteiger partial charge on any atom is -0.359 e. The van der Waals surface area contributed by atoms with Gasteiger partial charge >= 0.3 is 0 Å². The molecule has 1 aromatic rings. The molecule has 8 nitrogen and oxygen atoms in total. The summed E-state index contributed by atoms with van der Waals surface area (Å²) >= 11 is 0. The van der Waals surface area contributed by atoms with Crippen molar-refractivity contribution in [2.75, 3.05) is 26.7 Å². The van der Waals surface area contributed by atoms with Crippen molar-refractivity contribution in [1.82, 2.24) is 24.9 Å². The summed E-state index contributed by atoms with van der Waals surface area (Å²) in [7, 11) is 3.32. The van der Waals surface area contributed by atoms with E-state index in [1.807, 2.05) is 6.92 Å². The van der Waals surface area contributed by atoms with Crippen molar-refractivity contribution in [3.05, 3.63) is 17.5 Å². The zero-order valence-corrected chi connectivity index (χ0v) is 13.6. The van der Waals surface area contributed by atoms with Gasteiger partial charge in [-0.15, -0.1) is 0 Å². The molecule has 124 valence electrons. The van der Waals surface area contributed by atoms with Crippen LogP contribution in [0.2, 0.25) is 0 Å². The third-order valence-electron chi connectivity index (χ3n) is 4.69. The minimum atomic E-state index is -0.281. The third-order valence-corrected chi connectivity index (χ3v) is 4.69. The van der Waals surface area contributed by atoms with E-state index < -0.39 is 0 Å². The molecule has 1 atom stereocenters. The van der Waals surface area contributed by atoms with Gasteiger partial charge in [-0.3, -0.25) is 19.1 Å². The monoisotopic (exact) mass is 319 g/mol. The fourth-order valence-electron chi connectivity index (χ4n) is 3.29. The van der Waals surface area contributed by atoms with Crippen LogP contribution in [0.3, 0.4) is 0 Å². The normalized spacial score (nSPS) is 21.5. The molecule has 2 fully saturated rings. The molecule has 1 N–H and O–H groups in total. The smallest absolute Gasteiger partial charge is 0.272 e. The van der Waals surface area contributed by atoms with Gasteiger partial charge in [0.1, 0.15) is 5.69 Å². The van der Waals surface area contributed by atoms with E-state index in [4.69, 9.17) is 0 Å². The predicted octanol–water partition coefficient (Wildman–Crippen LogP) is -0.853. The summed E-state index contributed by atoms with van der Waals surface area (Å²) in [5, 5.41) is 6.67. The van der Waals surface area contributed by atoms with Crippen LogP contribution >= 0.6 is 0 Å². The largest absolute Gasteiger partial charge is 0.359 e. The molecule has 0 spiro atoms. The lowest BCUT2D eigenvalue weighted by Crippen LogP contribution is -2.61. The van der Waals surface area contributed by atoms with E-state index in [0.717, 1.165) is 5.56 Å². The fraction of sp³-hybridized carbons (Fsp3) is 0.600. The zero-order valence-electron chi connectivity index (χ0n) is 13.6. The van der Waals surface area contributed by atoms with Crippen LogP contribution in [0.1, 0.15) is 22.5 Å². The van der Waals surface area contributed by atoms with Crippen molar-refractivity contribution >= 4 is 17.7 Å². The number of hydrogen-bond acceptors (Lipinski definition) is 4. The van der Waals surface area contributed by atoms with Gasteiger partial charge in [-0.25, -0.2) is 0 Å². The highest BCUT2D eigenvalue weighted by Gasteiger charge is 2.43. The minimum absolute atomic E-state index is 0.00703. The lowest BCUT2D eigenvalue weighted by atomic mass is 10.1. The van der Waals surface area contributed by atoms with E-state index in [1.165, 1.54) is 0 Å². The molecule has 0 aromatic carbocycles. The first-order valence-corrected chi connectivity index (χ1v) is 7.71. The number of nitrogens with zero attached hydrogens (tertiary/aromatic N) is 4. The summed E-state index contributed by atoms with van der Waals surface area (Å²) in [5.74, 6) is -0.448. The van der Waals surface area contributed by atoms with E-state index >= 15 is 0 Å². The standard InChI is InChI=1S/C15H21N5O3/c1-9-5-17-18(3)13(9)15(23)19-7-11(8-19)20-6-10(4-12(20)21)14(22)16-2/h5,10-11H,4,6-8H2,1-3H3,(H,16,22). The van der Waals surface area contributed by atoms with Crippen LogP contribution < -0.4 is 5.32 Å². The molecule has 2 aliphatic rings. The quantitative estimate of drug-likeness (QED) is 0.786. The lowest BCUT2D eigenvalue weighted by molar-refractivity contribution is -0.132. The summed E-state index contributed by atoms with van der Waals surface area (Å²) in [6.07, 6.45) is 1.92. The Morgan fingerprint density at radius 3 is 2.57 bits per heavy atom. The highest BCUT2D eigenvalue weighted by molar-refractivity contribution is 5.95. The van der Waals surface area contributed by atoms with Crippen LogP contribution in [0.5, 0.6) is 0 Å². The van der Waals surface area contributed by atoms with Crippen LogP contribution in [0.15, 0.2) is 6.20 Å². The van der Waals surface area contributed by atoms with Gasteiger partial charge in [0.2, 0.25) is 11.8 Å². The highest BCUT2D eigenvalue weighted by Crippen LogP contribution is 2.26. The number of aryl methyl sites for hydroxylation is 2. The van der Waals surface area contributed by atoms with E-state index in [2.05, 4.69) is 10.4 Å².